The lowest BCUT2D eigenvalue weighted by Gasteiger charge is -2.37. The van der Waals surface area contributed by atoms with Gasteiger partial charge in [0.1, 0.15) is 18.1 Å². The number of carbonyl (C=O) groups is 2. The predicted octanol–water partition coefficient (Wildman–Crippen LogP) is 10.1. The van der Waals surface area contributed by atoms with Crippen molar-refractivity contribution in [2.24, 2.45) is 32.7 Å². The number of hydrogen-bond donors (Lipinski definition) is 1. The molecule has 264 valence electrons. The molecule has 8 rings (SSSR count). The molecule has 2 atom stereocenters. The van der Waals surface area contributed by atoms with Gasteiger partial charge in [-0.2, -0.15) is 0 Å². The van der Waals surface area contributed by atoms with Crippen LogP contribution in [0.5, 0.6) is 11.5 Å². The van der Waals surface area contributed by atoms with E-state index in [0.29, 0.717) is 23.7 Å². The van der Waals surface area contributed by atoms with Gasteiger partial charge in [0.15, 0.2) is 11.6 Å². The SMILES string of the molecule is CC1(C)CCC2=Nc3cc(O)ccc3C(=O)C2C1.CC1(C)CCC2=Nc3cc(OCc4ccccn4)ccc3C(=O)C2C1.ClCc1ccccn1. The first kappa shape index (κ1) is 36.1. The van der Waals surface area contributed by atoms with Crippen LogP contribution in [-0.2, 0) is 12.5 Å². The lowest BCUT2D eigenvalue weighted by atomic mass is 9.68. The number of pyridine rings is 2. The maximum Gasteiger partial charge on any atom is 0.173 e. The zero-order valence-corrected chi connectivity index (χ0v) is 30.5. The largest absolute Gasteiger partial charge is 0.508 e. The van der Waals surface area contributed by atoms with Gasteiger partial charge in [0.25, 0.3) is 0 Å². The second kappa shape index (κ2) is 15.3. The second-order valence-corrected chi connectivity index (χ2v) is 15.5. The van der Waals surface area contributed by atoms with E-state index in [-0.39, 0.29) is 40.0 Å². The Balaban J connectivity index is 0.000000150. The van der Waals surface area contributed by atoms with Crippen LogP contribution in [0.4, 0.5) is 11.4 Å². The first-order valence-corrected chi connectivity index (χ1v) is 18.1. The van der Waals surface area contributed by atoms with Crippen LogP contribution >= 0.6 is 11.6 Å². The first-order chi connectivity index (χ1) is 24.4. The van der Waals surface area contributed by atoms with Crippen molar-refractivity contribution in [2.45, 2.75) is 78.7 Å². The van der Waals surface area contributed by atoms with Gasteiger partial charge in [0.2, 0.25) is 0 Å². The molecule has 4 heterocycles. The zero-order valence-electron chi connectivity index (χ0n) is 29.7. The molecule has 2 aromatic heterocycles. The molecule has 2 aromatic carbocycles. The summed E-state index contributed by atoms with van der Waals surface area (Å²) in [7, 11) is 0. The lowest BCUT2D eigenvalue weighted by Crippen LogP contribution is -2.36. The van der Waals surface area contributed by atoms with Crippen molar-refractivity contribution in [1.29, 1.82) is 0 Å². The van der Waals surface area contributed by atoms with Gasteiger partial charge in [-0.1, -0.05) is 39.8 Å². The number of rotatable bonds is 4. The number of halogens is 1. The third-order valence-electron chi connectivity index (χ3n) is 10.1. The van der Waals surface area contributed by atoms with E-state index in [9.17, 15) is 14.7 Å². The lowest BCUT2D eigenvalue weighted by molar-refractivity contribution is 0.0900. The monoisotopic (exact) mass is 704 g/mol. The highest BCUT2D eigenvalue weighted by Crippen LogP contribution is 2.45. The number of nitrogens with zero attached hydrogens (tertiary/aromatic N) is 4. The number of alkyl halides is 1. The maximum atomic E-state index is 12.9. The normalized spacial score (nSPS) is 20.6. The summed E-state index contributed by atoms with van der Waals surface area (Å²) in [6.07, 6.45) is 9.20. The highest BCUT2D eigenvalue weighted by atomic mass is 35.5. The summed E-state index contributed by atoms with van der Waals surface area (Å²) in [4.78, 5) is 43.0. The van der Waals surface area contributed by atoms with Crippen molar-refractivity contribution < 1.29 is 19.4 Å². The van der Waals surface area contributed by atoms with Crippen LogP contribution in [0.2, 0.25) is 0 Å². The average molecular weight is 705 g/mol. The molecule has 0 spiro atoms. The van der Waals surface area contributed by atoms with Gasteiger partial charge < -0.3 is 9.84 Å². The van der Waals surface area contributed by atoms with Gasteiger partial charge in [0.05, 0.1) is 40.5 Å². The van der Waals surface area contributed by atoms with Gasteiger partial charge in [-0.05, 0) is 97.9 Å². The third kappa shape index (κ3) is 8.79. The molecule has 8 nitrogen and oxygen atoms in total. The molecule has 2 saturated carbocycles. The van der Waals surface area contributed by atoms with Crippen molar-refractivity contribution in [3.8, 4) is 11.5 Å². The van der Waals surface area contributed by atoms with Crippen LogP contribution in [0.15, 0.2) is 95.2 Å². The molecule has 0 saturated heterocycles. The number of fused-ring (bicyclic) bond motifs is 4. The molecule has 4 aliphatic rings. The van der Waals surface area contributed by atoms with E-state index in [0.717, 1.165) is 78.3 Å². The summed E-state index contributed by atoms with van der Waals surface area (Å²) >= 11 is 5.46. The Morgan fingerprint density at radius 2 is 1.25 bits per heavy atom. The number of phenolic OH excluding ortho intramolecular Hbond substituents is 1. The molecule has 2 fully saturated rings. The van der Waals surface area contributed by atoms with E-state index in [1.807, 2.05) is 54.6 Å². The number of benzene rings is 2. The summed E-state index contributed by atoms with van der Waals surface area (Å²) in [5.41, 5.74) is 7.01. The van der Waals surface area contributed by atoms with Crippen molar-refractivity contribution >= 4 is 46.0 Å². The molecule has 0 bridgehead atoms. The molecule has 0 amide bonds. The molecule has 4 aromatic rings. The van der Waals surface area contributed by atoms with Crippen LogP contribution in [-0.4, -0.2) is 38.1 Å². The number of carbonyl (C=O) groups excluding carboxylic acids is 2. The standard InChI is InChI=1S/C21H22N2O2.C15H17NO2.C6H6ClN/c1-21(2)9-8-18-17(12-21)20(24)16-7-6-15(11-19(16)23-18)25-13-14-5-3-4-10-22-14;1-15(2)6-5-12-11(8-15)14(18)10-4-3-9(17)7-13(10)16-12;7-5-6-3-1-2-4-8-6/h3-7,10-11,17H,8-9,12-13H2,1-2H3;3-4,7,11,17H,5-6,8H2,1-2H3;1-4H,5H2. The van der Waals surface area contributed by atoms with Gasteiger partial charge in [-0.3, -0.25) is 29.5 Å². The third-order valence-corrected chi connectivity index (χ3v) is 10.3. The summed E-state index contributed by atoms with van der Waals surface area (Å²) in [6, 6.07) is 21.8. The van der Waals surface area contributed by atoms with Gasteiger partial charge in [0, 0.05) is 47.1 Å². The minimum atomic E-state index is -0.0502. The molecule has 2 unspecified atom stereocenters. The fraction of sp³-hybridized carbons (Fsp3) is 0.381. The number of aromatic nitrogens is 2. The molecule has 0 radical (unpaired) electrons. The van der Waals surface area contributed by atoms with Crippen LogP contribution in [0.1, 0.15) is 98.3 Å². The van der Waals surface area contributed by atoms with Crippen LogP contribution in [0, 0.1) is 22.7 Å². The summed E-state index contributed by atoms with van der Waals surface area (Å²) in [5, 5.41) is 9.47. The number of aromatic hydroxyl groups is 1. The quantitative estimate of drug-likeness (QED) is 0.212. The molecule has 51 heavy (non-hydrogen) atoms. The summed E-state index contributed by atoms with van der Waals surface area (Å²) < 4.78 is 5.82. The summed E-state index contributed by atoms with van der Waals surface area (Å²) in [6.45, 7) is 9.30. The summed E-state index contributed by atoms with van der Waals surface area (Å²) in [5.74, 6) is 1.67. The minimum Gasteiger partial charge on any atom is -0.508 e. The van der Waals surface area contributed by atoms with Gasteiger partial charge in [-0.25, -0.2) is 0 Å². The number of ether oxygens (including phenoxy) is 1. The number of hydrogen-bond acceptors (Lipinski definition) is 8. The van der Waals surface area contributed by atoms with E-state index < -0.39 is 0 Å². The zero-order chi connectivity index (χ0) is 36.2. The van der Waals surface area contributed by atoms with Crippen LogP contribution in [0.25, 0.3) is 0 Å². The number of aliphatic imine (C=N–C) groups is 2. The first-order valence-electron chi connectivity index (χ1n) is 17.6. The fourth-order valence-corrected chi connectivity index (χ4v) is 7.27. The Morgan fingerprint density at radius 3 is 1.76 bits per heavy atom. The molecular weight excluding hydrogens is 660 g/mol. The second-order valence-electron chi connectivity index (χ2n) is 15.2. The van der Waals surface area contributed by atoms with E-state index >= 15 is 0 Å². The highest BCUT2D eigenvalue weighted by Gasteiger charge is 2.40. The highest BCUT2D eigenvalue weighted by molar-refractivity contribution is 6.19. The molecular formula is C42H45ClN4O4. The Bertz CT molecular complexity index is 1960. The van der Waals surface area contributed by atoms with Crippen LogP contribution < -0.4 is 4.74 Å². The van der Waals surface area contributed by atoms with E-state index in [4.69, 9.17) is 21.3 Å². The average Bonchev–Trinajstić information content (AvgIpc) is 3.12. The predicted molar refractivity (Wildman–Crippen MR) is 202 cm³/mol. The number of ketones is 2. The Hall–Kier alpha value is -4.69. The van der Waals surface area contributed by atoms with Crippen molar-refractivity contribution in [3.05, 3.63) is 108 Å². The molecule has 9 heteroatoms. The smallest absolute Gasteiger partial charge is 0.173 e. The Labute approximate surface area is 305 Å². The van der Waals surface area contributed by atoms with E-state index in [1.165, 1.54) is 0 Å². The molecule has 2 aliphatic carbocycles. The van der Waals surface area contributed by atoms with Crippen molar-refractivity contribution in [2.75, 3.05) is 0 Å². The van der Waals surface area contributed by atoms with Gasteiger partial charge in [-0.15, -0.1) is 11.6 Å². The maximum absolute atomic E-state index is 12.9. The van der Waals surface area contributed by atoms with Crippen molar-refractivity contribution in [3.63, 3.8) is 0 Å². The Kier molecular flexibility index (Phi) is 10.8. The Morgan fingerprint density at radius 1 is 0.725 bits per heavy atom. The van der Waals surface area contributed by atoms with E-state index in [1.54, 1.807) is 30.6 Å². The minimum absolute atomic E-state index is 0.0449. The number of phenols is 1. The fourth-order valence-electron chi connectivity index (χ4n) is 7.11. The van der Waals surface area contributed by atoms with Gasteiger partial charge >= 0.3 is 0 Å². The van der Waals surface area contributed by atoms with Crippen LogP contribution in [0.3, 0.4) is 0 Å². The topological polar surface area (TPSA) is 114 Å². The molecule has 2 aliphatic heterocycles. The molecule has 1 N–H and O–H groups in total. The van der Waals surface area contributed by atoms with Crippen molar-refractivity contribution in [1.82, 2.24) is 9.97 Å². The van der Waals surface area contributed by atoms with E-state index in [2.05, 4.69) is 42.7 Å². The number of Topliss-reactive ketones (excluding diaryl/α,β-unsaturated/α-hetero) is 2.